The molecule has 4 heteroatoms. The summed E-state index contributed by atoms with van der Waals surface area (Å²) in [5.41, 5.74) is 3.22. The van der Waals surface area contributed by atoms with Gasteiger partial charge in [0.1, 0.15) is 5.75 Å². The summed E-state index contributed by atoms with van der Waals surface area (Å²) in [4.78, 5) is 0. The van der Waals surface area contributed by atoms with Gasteiger partial charge in [-0.1, -0.05) is 89.2 Å². The largest absolute Gasteiger partial charge is 0.421 e. The lowest BCUT2D eigenvalue weighted by Crippen LogP contribution is -2.24. The minimum atomic E-state index is -3.56. The maximum absolute atomic E-state index is 13.8. The molecule has 1 unspecified atom stereocenters. The summed E-state index contributed by atoms with van der Waals surface area (Å²) in [6, 6.07) is 26.1. The first kappa shape index (κ1) is 27.2. The van der Waals surface area contributed by atoms with Crippen molar-refractivity contribution in [2.45, 2.75) is 84.7 Å². The molecule has 0 heterocycles. The minimum Gasteiger partial charge on any atom is -0.421 e. The fraction of sp³-hybridized carbons (Fsp3) is 0.419. The first-order valence-electron chi connectivity index (χ1n) is 12.6. The topological polar surface area (TPSA) is 35.5 Å². The predicted octanol–water partition coefficient (Wildman–Crippen LogP) is 8.80. The molecule has 0 aliphatic carbocycles. The molecule has 0 spiro atoms. The van der Waals surface area contributed by atoms with Crippen LogP contribution in [-0.4, -0.2) is 5.60 Å². The highest BCUT2D eigenvalue weighted by Crippen LogP contribution is 2.50. The summed E-state index contributed by atoms with van der Waals surface area (Å²) in [6.07, 6.45) is 2.25. The van der Waals surface area contributed by atoms with Crippen molar-refractivity contribution in [1.82, 2.24) is 0 Å². The van der Waals surface area contributed by atoms with Gasteiger partial charge in [-0.3, -0.25) is 4.52 Å². The van der Waals surface area contributed by atoms with Crippen molar-refractivity contribution in [3.8, 4) is 5.75 Å². The molecule has 0 aromatic heterocycles. The molecule has 3 rings (SSSR count). The van der Waals surface area contributed by atoms with E-state index in [1.165, 1.54) is 11.1 Å². The predicted molar refractivity (Wildman–Crippen MR) is 148 cm³/mol. The highest BCUT2D eigenvalue weighted by molar-refractivity contribution is 7.62. The van der Waals surface area contributed by atoms with Gasteiger partial charge in [-0.25, -0.2) is 4.57 Å². The normalized spacial score (nSPS) is 14.4. The number of hydrogen-bond donors (Lipinski definition) is 0. The van der Waals surface area contributed by atoms with Crippen molar-refractivity contribution in [2.75, 3.05) is 0 Å². The van der Waals surface area contributed by atoms with Crippen molar-refractivity contribution >= 4 is 12.9 Å². The quantitative estimate of drug-likeness (QED) is 0.280. The first-order chi connectivity index (χ1) is 16.3. The van der Waals surface area contributed by atoms with Crippen LogP contribution in [0.5, 0.6) is 5.75 Å². The maximum atomic E-state index is 13.8. The lowest BCUT2D eigenvalue weighted by atomic mass is 9.74. The molecule has 0 aliphatic rings. The lowest BCUT2D eigenvalue weighted by Gasteiger charge is -2.30. The summed E-state index contributed by atoms with van der Waals surface area (Å²) < 4.78 is 25.8. The van der Waals surface area contributed by atoms with Crippen molar-refractivity contribution in [2.24, 2.45) is 0 Å². The maximum Gasteiger partial charge on any atom is 0.411 e. The fourth-order valence-electron chi connectivity index (χ4n) is 4.28. The van der Waals surface area contributed by atoms with E-state index in [9.17, 15) is 4.57 Å². The molecule has 0 saturated heterocycles. The van der Waals surface area contributed by atoms with E-state index in [1.807, 2.05) is 51.1 Å². The van der Waals surface area contributed by atoms with E-state index in [0.29, 0.717) is 11.1 Å². The Balaban J connectivity index is 1.86. The Bertz CT molecular complexity index is 1140. The van der Waals surface area contributed by atoms with Gasteiger partial charge < -0.3 is 4.52 Å². The average Bonchev–Trinajstić information content (AvgIpc) is 2.83. The Morgan fingerprint density at radius 3 is 1.57 bits per heavy atom. The molecule has 0 radical (unpaired) electrons. The fourth-order valence-corrected chi connectivity index (χ4v) is 6.19. The molecule has 35 heavy (non-hydrogen) atoms. The van der Waals surface area contributed by atoms with Crippen molar-refractivity contribution < 1.29 is 13.6 Å². The zero-order chi connectivity index (χ0) is 25.9. The van der Waals surface area contributed by atoms with Gasteiger partial charge in [-0.05, 0) is 80.0 Å². The van der Waals surface area contributed by atoms with E-state index in [0.717, 1.165) is 18.4 Å². The Morgan fingerprint density at radius 2 is 1.11 bits per heavy atom. The van der Waals surface area contributed by atoms with Crippen LogP contribution in [0.1, 0.15) is 84.9 Å². The van der Waals surface area contributed by atoms with E-state index >= 15 is 0 Å². The second kappa shape index (κ2) is 10.3. The van der Waals surface area contributed by atoms with E-state index in [-0.39, 0.29) is 10.8 Å². The van der Waals surface area contributed by atoms with Crippen LogP contribution in [0.2, 0.25) is 0 Å². The third kappa shape index (κ3) is 6.26. The van der Waals surface area contributed by atoms with Gasteiger partial charge in [-0.15, -0.1) is 0 Å². The molecule has 0 aliphatic heterocycles. The van der Waals surface area contributed by atoms with Gasteiger partial charge in [-0.2, -0.15) is 0 Å². The number of rotatable bonds is 9. The Labute approximate surface area is 212 Å². The molecule has 1 atom stereocenters. The molecule has 188 valence electrons. The van der Waals surface area contributed by atoms with E-state index in [1.54, 1.807) is 12.1 Å². The SMILES string of the molecule is CCC(C)(CC)c1ccc(C(C)(C)c2ccc(OP(=O)(OC(C)(C)C)c3ccccc3)cc2)cc1. The van der Waals surface area contributed by atoms with Crippen LogP contribution in [0.25, 0.3) is 0 Å². The zero-order valence-corrected chi connectivity index (χ0v) is 23.5. The molecule has 3 nitrogen and oxygen atoms in total. The number of benzene rings is 3. The summed E-state index contributed by atoms with van der Waals surface area (Å²) in [6.45, 7) is 17.0. The molecule has 0 amide bonds. The first-order valence-corrected chi connectivity index (χ1v) is 14.1. The van der Waals surface area contributed by atoms with Crippen LogP contribution in [0.4, 0.5) is 0 Å². The standard InChI is InChI=1S/C31H41O3P/c1-9-31(8,10-2)26-18-16-24(17-19-26)30(6,7)25-20-22-27(23-21-25)33-35(32,34-29(3,4)5)28-14-12-11-13-15-28/h11-23H,9-10H2,1-8H3. The van der Waals surface area contributed by atoms with Crippen molar-refractivity contribution in [3.05, 3.63) is 95.6 Å². The Kier molecular flexibility index (Phi) is 8.04. The Hall–Kier alpha value is -2.35. The molecule has 0 bridgehead atoms. The van der Waals surface area contributed by atoms with Crippen molar-refractivity contribution in [3.63, 3.8) is 0 Å². The van der Waals surface area contributed by atoms with E-state index in [2.05, 4.69) is 71.0 Å². The van der Waals surface area contributed by atoms with Crippen LogP contribution in [0, 0.1) is 0 Å². The van der Waals surface area contributed by atoms with Gasteiger partial charge >= 0.3 is 7.60 Å². The Morgan fingerprint density at radius 1 is 0.657 bits per heavy atom. The van der Waals surface area contributed by atoms with Gasteiger partial charge in [0.05, 0.1) is 10.9 Å². The summed E-state index contributed by atoms with van der Waals surface area (Å²) >= 11 is 0. The molecule has 0 saturated carbocycles. The molecule has 3 aromatic rings. The second-order valence-corrected chi connectivity index (χ2v) is 13.0. The summed E-state index contributed by atoms with van der Waals surface area (Å²) in [5.74, 6) is 0.526. The lowest BCUT2D eigenvalue weighted by molar-refractivity contribution is 0.119. The summed E-state index contributed by atoms with van der Waals surface area (Å²) in [7, 11) is -3.56. The van der Waals surface area contributed by atoms with Gasteiger partial charge in [0, 0.05) is 5.41 Å². The third-order valence-corrected chi connectivity index (χ3v) is 9.30. The molecule has 0 fully saturated rings. The van der Waals surface area contributed by atoms with E-state index < -0.39 is 13.2 Å². The van der Waals surface area contributed by atoms with Crippen LogP contribution < -0.4 is 9.83 Å². The highest BCUT2D eigenvalue weighted by atomic mass is 31.2. The minimum absolute atomic E-state index is 0.184. The second-order valence-electron chi connectivity index (χ2n) is 11.1. The van der Waals surface area contributed by atoms with Gasteiger partial charge in [0.25, 0.3) is 0 Å². The molecule has 3 aromatic carbocycles. The number of hydrogen-bond acceptors (Lipinski definition) is 3. The van der Waals surface area contributed by atoms with Crippen LogP contribution in [-0.2, 0) is 19.9 Å². The smallest absolute Gasteiger partial charge is 0.411 e. The monoisotopic (exact) mass is 492 g/mol. The van der Waals surface area contributed by atoms with Crippen LogP contribution in [0.15, 0.2) is 78.9 Å². The third-order valence-electron chi connectivity index (χ3n) is 7.13. The molecular formula is C31H41O3P. The van der Waals surface area contributed by atoms with Crippen LogP contribution >= 0.6 is 7.60 Å². The average molecular weight is 493 g/mol. The van der Waals surface area contributed by atoms with Crippen LogP contribution in [0.3, 0.4) is 0 Å². The zero-order valence-electron chi connectivity index (χ0n) is 22.6. The van der Waals surface area contributed by atoms with Gasteiger partial charge in [0.2, 0.25) is 0 Å². The summed E-state index contributed by atoms with van der Waals surface area (Å²) in [5, 5.41) is 0.547. The van der Waals surface area contributed by atoms with Gasteiger partial charge in [0.15, 0.2) is 0 Å². The molecule has 0 N–H and O–H groups in total. The molecular weight excluding hydrogens is 451 g/mol. The van der Waals surface area contributed by atoms with Crippen molar-refractivity contribution in [1.29, 1.82) is 0 Å². The van der Waals surface area contributed by atoms with E-state index in [4.69, 9.17) is 9.05 Å². The highest BCUT2D eigenvalue weighted by Gasteiger charge is 2.35.